The van der Waals surface area contributed by atoms with Crippen molar-refractivity contribution in [3.63, 3.8) is 0 Å². The Bertz CT molecular complexity index is 1010. The topological polar surface area (TPSA) is 88.3 Å². The molecule has 1 fully saturated rings. The maximum Gasteiger partial charge on any atom is 0.293 e. The standard InChI is InChI=1S/C20H19ClN4O3/c21-16-6-2-1-4-14(16)12-23-19(26)13-7-10-25(11-8-13)20(27)17-15-5-3-9-22-18(15)24-28-17/h1-6,9,13H,7-8,10-12H2,(H,23,26). The molecule has 144 valence electrons. The molecule has 0 saturated carbocycles. The highest BCUT2D eigenvalue weighted by atomic mass is 35.5. The van der Waals surface area contributed by atoms with E-state index in [4.69, 9.17) is 16.1 Å². The van der Waals surface area contributed by atoms with Crippen molar-refractivity contribution in [2.45, 2.75) is 19.4 Å². The largest absolute Gasteiger partial charge is 0.352 e. The van der Waals surface area contributed by atoms with Crippen LogP contribution in [0.2, 0.25) is 5.02 Å². The van der Waals surface area contributed by atoms with E-state index in [1.165, 1.54) is 0 Å². The molecule has 3 aromatic rings. The Kier molecular flexibility index (Phi) is 5.25. The fourth-order valence-electron chi connectivity index (χ4n) is 3.40. The number of nitrogens with one attached hydrogen (secondary N) is 1. The van der Waals surface area contributed by atoms with E-state index in [0.29, 0.717) is 48.5 Å². The van der Waals surface area contributed by atoms with Crippen molar-refractivity contribution in [2.24, 2.45) is 5.92 Å². The van der Waals surface area contributed by atoms with Gasteiger partial charge in [0.05, 0.1) is 5.39 Å². The SMILES string of the molecule is O=C(NCc1ccccc1Cl)C1CCN(C(=O)c2onc3ncccc23)CC1. The minimum absolute atomic E-state index is 0.0127. The summed E-state index contributed by atoms with van der Waals surface area (Å²) in [5.74, 6) is -0.156. The van der Waals surface area contributed by atoms with Crippen LogP contribution in [0, 0.1) is 5.92 Å². The summed E-state index contributed by atoms with van der Waals surface area (Å²) in [5.41, 5.74) is 1.30. The predicted octanol–water partition coefficient (Wildman–Crippen LogP) is 3.04. The van der Waals surface area contributed by atoms with E-state index in [0.717, 1.165) is 5.56 Å². The number of benzene rings is 1. The first-order valence-electron chi connectivity index (χ1n) is 9.14. The van der Waals surface area contributed by atoms with E-state index >= 15 is 0 Å². The lowest BCUT2D eigenvalue weighted by molar-refractivity contribution is -0.126. The minimum atomic E-state index is -0.217. The molecule has 7 nitrogen and oxygen atoms in total. The number of carbonyl (C=O) groups excluding carboxylic acids is 2. The normalized spacial score (nSPS) is 15.0. The van der Waals surface area contributed by atoms with Gasteiger partial charge in [-0.3, -0.25) is 9.59 Å². The van der Waals surface area contributed by atoms with Crippen LogP contribution >= 0.6 is 11.6 Å². The van der Waals surface area contributed by atoms with Gasteiger partial charge >= 0.3 is 0 Å². The van der Waals surface area contributed by atoms with Crippen molar-refractivity contribution in [1.29, 1.82) is 0 Å². The molecule has 0 spiro atoms. The molecule has 8 heteroatoms. The second kappa shape index (κ2) is 7.98. The molecular weight excluding hydrogens is 380 g/mol. The smallest absolute Gasteiger partial charge is 0.293 e. The molecule has 3 heterocycles. The van der Waals surface area contributed by atoms with Crippen molar-refractivity contribution in [3.05, 3.63) is 58.9 Å². The van der Waals surface area contributed by atoms with Crippen molar-refractivity contribution >= 4 is 34.4 Å². The zero-order valence-corrected chi connectivity index (χ0v) is 15.9. The Morgan fingerprint density at radius 2 is 1.96 bits per heavy atom. The molecule has 2 aromatic heterocycles. The Hall–Kier alpha value is -2.93. The Morgan fingerprint density at radius 1 is 1.18 bits per heavy atom. The highest BCUT2D eigenvalue weighted by Gasteiger charge is 2.30. The number of piperidine rings is 1. The third-order valence-corrected chi connectivity index (χ3v) is 5.38. The van der Waals surface area contributed by atoms with Crippen molar-refractivity contribution in [3.8, 4) is 0 Å². The second-order valence-corrected chi connectivity index (χ2v) is 7.17. The number of hydrogen-bond acceptors (Lipinski definition) is 5. The first kappa shape index (κ1) is 18.4. The van der Waals surface area contributed by atoms with E-state index < -0.39 is 0 Å². The van der Waals surface area contributed by atoms with Gasteiger partial charge in [0.1, 0.15) is 0 Å². The van der Waals surface area contributed by atoms with Gasteiger partial charge in [0.25, 0.3) is 5.91 Å². The monoisotopic (exact) mass is 398 g/mol. The first-order valence-corrected chi connectivity index (χ1v) is 9.52. The lowest BCUT2D eigenvalue weighted by Gasteiger charge is -2.30. The number of hydrogen-bond donors (Lipinski definition) is 1. The molecule has 1 aromatic carbocycles. The van der Waals surface area contributed by atoms with Crippen LogP contribution in [-0.2, 0) is 11.3 Å². The molecule has 28 heavy (non-hydrogen) atoms. The molecule has 1 aliphatic rings. The molecular formula is C20H19ClN4O3. The minimum Gasteiger partial charge on any atom is -0.352 e. The van der Waals surface area contributed by atoms with Gasteiger partial charge < -0.3 is 14.7 Å². The number of likely N-dealkylation sites (tertiary alicyclic amines) is 1. The molecule has 0 bridgehead atoms. The van der Waals surface area contributed by atoms with Crippen LogP contribution in [0.15, 0.2) is 47.1 Å². The summed E-state index contributed by atoms with van der Waals surface area (Å²) in [6, 6.07) is 10.9. The Morgan fingerprint density at radius 3 is 2.75 bits per heavy atom. The van der Waals surface area contributed by atoms with Gasteiger partial charge in [-0.25, -0.2) is 4.98 Å². The quantitative estimate of drug-likeness (QED) is 0.729. The van der Waals surface area contributed by atoms with E-state index in [-0.39, 0.29) is 23.5 Å². The molecule has 1 aliphatic heterocycles. The second-order valence-electron chi connectivity index (χ2n) is 6.76. The molecule has 1 N–H and O–H groups in total. The van der Waals surface area contributed by atoms with Gasteiger partial charge in [-0.15, -0.1) is 0 Å². The zero-order chi connectivity index (χ0) is 19.5. The third kappa shape index (κ3) is 3.71. The predicted molar refractivity (Wildman–Crippen MR) is 104 cm³/mol. The van der Waals surface area contributed by atoms with Crippen molar-refractivity contribution in [1.82, 2.24) is 20.4 Å². The molecule has 0 aliphatic carbocycles. The van der Waals surface area contributed by atoms with Crippen LogP contribution in [0.25, 0.3) is 11.0 Å². The van der Waals surface area contributed by atoms with Gasteiger partial charge in [-0.2, -0.15) is 0 Å². The van der Waals surface area contributed by atoms with Gasteiger partial charge in [0.2, 0.25) is 17.3 Å². The number of aromatic nitrogens is 2. The van der Waals surface area contributed by atoms with Crippen LogP contribution in [0.5, 0.6) is 0 Å². The van der Waals surface area contributed by atoms with Crippen molar-refractivity contribution in [2.75, 3.05) is 13.1 Å². The first-order chi connectivity index (χ1) is 13.6. The molecule has 4 rings (SSSR count). The Labute approximate surface area is 166 Å². The number of rotatable bonds is 4. The molecule has 0 radical (unpaired) electrons. The summed E-state index contributed by atoms with van der Waals surface area (Å²) in [4.78, 5) is 31.0. The molecule has 1 saturated heterocycles. The summed E-state index contributed by atoms with van der Waals surface area (Å²) in [7, 11) is 0. The lowest BCUT2D eigenvalue weighted by Crippen LogP contribution is -2.42. The summed E-state index contributed by atoms with van der Waals surface area (Å²) >= 11 is 6.12. The van der Waals surface area contributed by atoms with Crippen LogP contribution in [-0.4, -0.2) is 39.9 Å². The maximum absolute atomic E-state index is 12.7. The van der Waals surface area contributed by atoms with Gasteiger partial charge in [-0.1, -0.05) is 35.0 Å². The molecule has 0 atom stereocenters. The number of fused-ring (bicyclic) bond motifs is 1. The van der Waals surface area contributed by atoms with Crippen LogP contribution in [0.1, 0.15) is 29.0 Å². The fraction of sp³-hybridized carbons (Fsp3) is 0.300. The number of halogens is 1. The summed E-state index contributed by atoms with van der Waals surface area (Å²) in [5, 5.41) is 8.01. The third-order valence-electron chi connectivity index (χ3n) is 5.01. The number of pyridine rings is 1. The fourth-order valence-corrected chi connectivity index (χ4v) is 3.60. The van der Waals surface area contributed by atoms with Gasteiger partial charge in [0, 0.05) is 36.8 Å². The average Bonchev–Trinajstić information content (AvgIpc) is 3.17. The van der Waals surface area contributed by atoms with E-state index in [1.54, 1.807) is 29.3 Å². The summed E-state index contributed by atoms with van der Waals surface area (Å²) in [6.45, 7) is 1.38. The number of nitrogens with zero attached hydrogens (tertiary/aromatic N) is 3. The van der Waals surface area contributed by atoms with E-state index in [2.05, 4.69) is 15.5 Å². The summed E-state index contributed by atoms with van der Waals surface area (Å²) < 4.78 is 5.21. The van der Waals surface area contributed by atoms with Gasteiger partial charge in [0.15, 0.2) is 0 Å². The average molecular weight is 399 g/mol. The Balaban J connectivity index is 1.33. The van der Waals surface area contributed by atoms with Crippen molar-refractivity contribution < 1.29 is 14.1 Å². The maximum atomic E-state index is 12.7. The zero-order valence-electron chi connectivity index (χ0n) is 15.1. The van der Waals surface area contributed by atoms with Crippen LogP contribution in [0.4, 0.5) is 0 Å². The van der Waals surface area contributed by atoms with E-state index in [1.807, 2.05) is 18.2 Å². The number of amides is 2. The molecule has 2 amide bonds. The van der Waals surface area contributed by atoms with E-state index in [9.17, 15) is 9.59 Å². The lowest BCUT2D eigenvalue weighted by atomic mass is 9.95. The summed E-state index contributed by atoms with van der Waals surface area (Å²) in [6.07, 6.45) is 2.81. The highest BCUT2D eigenvalue weighted by Crippen LogP contribution is 2.23. The van der Waals surface area contributed by atoms with Crippen LogP contribution < -0.4 is 5.32 Å². The van der Waals surface area contributed by atoms with Gasteiger partial charge in [-0.05, 0) is 36.6 Å². The molecule has 0 unspecified atom stereocenters. The highest BCUT2D eigenvalue weighted by molar-refractivity contribution is 6.31. The van der Waals surface area contributed by atoms with Crippen LogP contribution in [0.3, 0.4) is 0 Å². The number of carbonyl (C=O) groups is 2.